The summed E-state index contributed by atoms with van der Waals surface area (Å²) < 4.78 is 0.939. The minimum absolute atomic E-state index is 0.0447. The average molecular weight is 455 g/mol. The number of carboxylic acids is 1. The molecule has 1 aliphatic rings. The molecule has 1 atom stereocenters. The molecule has 0 spiro atoms. The number of carboxylic acid groups (broad SMARTS) is 1. The van der Waals surface area contributed by atoms with E-state index in [1.54, 1.807) is 6.20 Å². The number of thioether (sulfide) groups is 1. The van der Waals surface area contributed by atoms with Crippen LogP contribution in [-0.2, 0) is 9.59 Å². The van der Waals surface area contributed by atoms with Crippen LogP contribution in [0, 0.1) is 23.7 Å². The first-order valence-corrected chi connectivity index (χ1v) is 13.3. The van der Waals surface area contributed by atoms with Crippen LogP contribution in [0.25, 0.3) is 0 Å². The topological polar surface area (TPSA) is 79.3 Å². The largest absolute Gasteiger partial charge is 0.481 e. The smallest absolute Gasteiger partial charge is 0.304 e. The van der Waals surface area contributed by atoms with Gasteiger partial charge in [-0.2, -0.15) is 0 Å². The lowest BCUT2D eigenvalue weighted by Gasteiger charge is -2.34. The molecule has 5 nitrogen and oxygen atoms in total. The summed E-state index contributed by atoms with van der Waals surface area (Å²) in [4.78, 5) is 27.4. The summed E-state index contributed by atoms with van der Waals surface area (Å²) >= 11 is 2.89. The van der Waals surface area contributed by atoms with E-state index in [4.69, 9.17) is 5.11 Å². The first-order valence-electron chi connectivity index (χ1n) is 11.5. The fraction of sp³-hybridized carbons (Fsp3) is 0.783. The number of nitrogens with zero attached hydrogens (tertiary/aromatic N) is 1. The van der Waals surface area contributed by atoms with Gasteiger partial charge < -0.3 is 10.4 Å². The van der Waals surface area contributed by atoms with E-state index in [-0.39, 0.29) is 12.3 Å². The highest BCUT2D eigenvalue weighted by atomic mass is 32.2. The number of rotatable bonds is 13. The van der Waals surface area contributed by atoms with Crippen molar-refractivity contribution in [3.63, 3.8) is 0 Å². The Morgan fingerprint density at radius 3 is 2.57 bits per heavy atom. The van der Waals surface area contributed by atoms with Crippen LogP contribution in [0.15, 0.2) is 10.4 Å². The maximum atomic E-state index is 12.5. The van der Waals surface area contributed by atoms with Gasteiger partial charge in [0.1, 0.15) is 0 Å². The Kier molecular flexibility index (Phi) is 11.2. The van der Waals surface area contributed by atoms with E-state index in [9.17, 15) is 9.59 Å². The molecule has 1 heterocycles. The third-order valence-corrected chi connectivity index (χ3v) is 8.39. The van der Waals surface area contributed by atoms with Crippen molar-refractivity contribution in [1.82, 2.24) is 4.98 Å². The van der Waals surface area contributed by atoms with E-state index in [2.05, 4.69) is 31.1 Å². The molecule has 7 heteroatoms. The van der Waals surface area contributed by atoms with Gasteiger partial charge in [-0.3, -0.25) is 9.59 Å². The highest BCUT2D eigenvalue weighted by Gasteiger charge is 2.27. The highest BCUT2D eigenvalue weighted by molar-refractivity contribution is 8.01. The third-order valence-electron chi connectivity index (χ3n) is 6.28. The zero-order chi connectivity index (χ0) is 21.9. The maximum Gasteiger partial charge on any atom is 0.304 e. The van der Waals surface area contributed by atoms with Crippen molar-refractivity contribution in [1.29, 1.82) is 0 Å². The number of aliphatic carboxylic acids is 1. The Morgan fingerprint density at radius 2 is 1.93 bits per heavy atom. The number of carbonyl (C=O) groups excluding carboxylic acids is 1. The number of thiazole rings is 1. The predicted octanol–water partition coefficient (Wildman–Crippen LogP) is 6.70. The lowest BCUT2D eigenvalue weighted by atomic mass is 9.72. The van der Waals surface area contributed by atoms with E-state index < -0.39 is 5.97 Å². The normalized spacial score (nSPS) is 20.3. The minimum Gasteiger partial charge on any atom is -0.481 e. The van der Waals surface area contributed by atoms with Gasteiger partial charge in [-0.1, -0.05) is 57.8 Å². The fourth-order valence-corrected chi connectivity index (χ4v) is 6.25. The van der Waals surface area contributed by atoms with Crippen LogP contribution in [0.3, 0.4) is 0 Å². The first kappa shape index (κ1) is 25.2. The highest BCUT2D eigenvalue weighted by Crippen LogP contribution is 2.39. The number of amides is 1. The molecule has 0 bridgehead atoms. The van der Waals surface area contributed by atoms with Crippen LogP contribution in [-0.4, -0.2) is 27.7 Å². The molecule has 170 valence electrons. The molecule has 1 aromatic rings. The van der Waals surface area contributed by atoms with E-state index in [0.29, 0.717) is 29.1 Å². The summed E-state index contributed by atoms with van der Waals surface area (Å²) in [7, 11) is 0. The quantitative estimate of drug-likeness (QED) is 0.324. The van der Waals surface area contributed by atoms with Crippen molar-refractivity contribution in [3.8, 4) is 0 Å². The molecule has 0 saturated heterocycles. The van der Waals surface area contributed by atoms with E-state index >= 15 is 0 Å². The number of hydrogen-bond acceptors (Lipinski definition) is 5. The van der Waals surface area contributed by atoms with Crippen LogP contribution in [0.4, 0.5) is 5.13 Å². The molecular weight excluding hydrogens is 416 g/mol. The summed E-state index contributed by atoms with van der Waals surface area (Å²) in [6.07, 6.45) is 12.5. The summed E-state index contributed by atoms with van der Waals surface area (Å²) in [5, 5.41) is 12.3. The second-order valence-electron chi connectivity index (χ2n) is 8.98. The molecule has 1 aromatic heterocycles. The van der Waals surface area contributed by atoms with Gasteiger partial charge >= 0.3 is 5.97 Å². The van der Waals surface area contributed by atoms with E-state index in [1.807, 2.05) is 0 Å². The molecule has 1 unspecified atom stereocenters. The lowest BCUT2D eigenvalue weighted by Crippen LogP contribution is -2.23. The summed E-state index contributed by atoms with van der Waals surface area (Å²) in [6, 6.07) is 0. The maximum absolute atomic E-state index is 12.5. The molecule has 0 radical (unpaired) electrons. The summed E-state index contributed by atoms with van der Waals surface area (Å²) in [6.45, 7) is 6.87. The van der Waals surface area contributed by atoms with Gasteiger partial charge in [0.05, 0.1) is 16.8 Å². The van der Waals surface area contributed by atoms with E-state index in [1.165, 1.54) is 68.0 Å². The molecular formula is C23H38N2O3S2. The molecule has 1 saturated carbocycles. The zero-order valence-corrected chi connectivity index (χ0v) is 20.3. The van der Waals surface area contributed by atoms with Crippen LogP contribution in [0.5, 0.6) is 0 Å². The van der Waals surface area contributed by atoms with Crippen LogP contribution in [0.2, 0.25) is 0 Å². The van der Waals surface area contributed by atoms with Gasteiger partial charge in [0, 0.05) is 12.2 Å². The number of aromatic nitrogens is 1. The van der Waals surface area contributed by atoms with Crippen molar-refractivity contribution < 1.29 is 14.7 Å². The predicted molar refractivity (Wildman–Crippen MR) is 126 cm³/mol. The zero-order valence-electron chi connectivity index (χ0n) is 18.7. The van der Waals surface area contributed by atoms with Gasteiger partial charge in [0.25, 0.3) is 0 Å². The Hall–Kier alpha value is -1.08. The van der Waals surface area contributed by atoms with Crippen molar-refractivity contribution >= 4 is 40.1 Å². The van der Waals surface area contributed by atoms with Gasteiger partial charge in [0.2, 0.25) is 5.91 Å². The molecule has 0 aliphatic heterocycles. The van der Waals surface area contributed by atoms with Gasteiger partial charge in [0.15, 0.2) is 5.13 Å². The molecule has 1 aliphatic carbocycles. The minimum atomic E-state index is -0.796. The van der Waals surface area contributed by atoms with E-state index in [0.717, 1.165) is 22.5 Å². The Labute approximate surface area is 189 Å². The van der Waals surface area contributed by atoms with Crippen LogP contribution < -0.4 is 5.32 Å². The van der Waals surface area contributed by atoms with Crippen molar-refractivity contribution in [2.75, 3.05) is 11.1 Å². The van der Waals surface area contributed by atoms with Crippen molar-refractivity contribution in [2.24, 2.45) is 23.7 Å². The fourth-order valence-electron chi connectivity index (χ4n) is 4.35. The Bertz CT molecular complexity index is 655. The second-order valence-corrected chi connectivity index (χ2v) is 11.4. The molecule has 2 N–H and O–H groups in total. The van der Waals surface area contributed by atoms with Gasteiger partial charge in [-0.15, -0.1) is 11.8 Å². The number of anilines is 1. The van der Waals surface area contributed by atoms with Crippen molar-refractivity contribution in [2.45, 2.75) is 89.2 Å². The molecule has 0 aromatic carbocycles. The second kappa shape index (κ2) is 13.4. The van der Waals surface area contributed by atoms with Crippen LogP contribution in [0.1, 0.15) is 85.0 Å². The lowest BCUT2D eigenvalue weighted by molar-refractivity contribution is -0.136. The number of nitrogens with one attached hydrogen (secondary N) is 1. The Balaban J connectivity index is 1.80. The molecule has 1 amide bonds. The molecule has 2 rings (SSSR count). The molecule has 1 fully saturated rings. The SMILES string of the molecule is CCC1CCC(C(CCC(=O)Nc2ncc(SCCC(=O)O)s2)CCC(C)C)CC1. The Morgan fingerprint density at radius 1 is 1.20 bits per heavy atom. The summed E-state index contributed by atoms with van der Waals surface area (Å²) in [5.41, 5.74) is 0. The van der Waals surface area contributed by atoms with Crippen molar-refractivity contribution in [3.05, 3.63) is 6.20 Å². The van der Waals surface area contributed by atoms with Gasteiger partial charge in [-0.25, -0.2) is 4.98 Å². The monoisotopic (exact) mass is 454 g/mol. The third kappa shape index (κ3) is 9.38. The summed E-state index contributed by atoms with van der Waals surface area (Å²) in [5.74, 6) is 2.80. The average Bonchev–Trinajstić information content (AvgIpc) is 3.14. The molecule has 30 heavy (non-hydrogen) atoms. The number of hydrogen-bond donors (Lipinski definition) is 2. The number of carbonyl (C=O) groups is 2. The first-order chi connectivity index (χ1) is 14.4. The van der Waals surface area contributed by atoms with Gasteiger partial charge in [-0.05, 0) is 49.4 Å². The standard InChI is InChI=1S/C23H38N2O3S2/c1-4-17-6-9-19(10-7-17)18(8-5-16(2)3)11-12-20(26)25-23-24-15-22(30-23)29-14-13-21(27)28/h15-19H,4-14H2,1-3H3,(H,27,28)(H,24,25,26). The van der Waals surface area contributed by atoms with Crippen LogP contribution >= 0.6 is 23.1 Å².